The SMILES string of the molecule is CC(C)(C)OC(=O)[C@H](Cc1ccc(CCCCCC(=O)O)s1)NC(=O)OCc1ccccc1. The van der Waals surface area contributed by atoms with E-state index in [0.717, 1.165) is 34.6 Å². The first-order valence-electron chi connectivity index (χ1n) is 11.1. The highest BCUT2D eigenvalue weighted by atomic mass is 32.1. The van der Waals surface area contributed by atoms with Crippen molar-refractivity contribution in [3.63, 3.8) is 0 Å². The Labute approximate surface area is 199 Å². The molecule has 33 heavy (non-hydrogen) atoms. The summed E-state index contributed by atoms with van der Waals surface area (Å²) in [7, 11) is 0. The van der Waals surface area contributed by atoms with E-state index in [1.54, 1.807) is 32.1 Å². The number of rotatable bonds is 12. The molecular weight excluding hydrogens is 442 g/mol. The second-order valence-corrected chi connectivity index (χ2v) is 10.1. The second-order valence-electron chi connectivity index (χ2n) is 8.82. The molecule has 180 valence electrons. The molecule has 0 fully saturated rings. The Balaban J connectivity index is 1.93. The molecule has 2 rings (SSSR count). The summed E-state index contributed by atoms with van der Waals surface area (Å²) in [6.07, 6.45) is 3.11. The Morgan fingerprint density at radius 2 is 1.70 bits per heavy atom. The number of hydrogen-bond acceptors (Lipinski definition) is 6. The van der Waals surface area contributed by atoms with E-state index in [1.807, 2.05) is 42.5 Å². The zero-order valence-corrected chi connectivity index (χ0v) is 20.3. The molecule has 0 aliphatic heterocycles. The van der Waals surface area contributed by atoms with Crippen LogP contribution in [0.3, 0.4) is 0 Å². The van der Waals surface area contributed by atoms with E-state index >= 15 is 0 Å². The highest BCUT2D eigenvalue weighted by Crippen LogP contribution is 2.22. The van der Waals surface area contributed by atoms with Crippen LogP contribution < -0.4 is 5.32 Å². The number of benzene rings is 1. The topological polar surface area (TPSA) is 102 Å². The fourth-order valence-electron chi connectivity index (χ4n) is 3.09. The van der Waals surface area contributed by atoms with Crippen molar-refractivity contribution in [2.75, 3.05) is 0 Å². The lowest BCUT2D eigenvalue weighted by molar-refractivity contribution is -0.157. The summed E-state index contributed by atoms with van der Waals surface area (Å²) in [5.74, 6) is -1.28. The van der Waals surface area contributed by atoms with E-state index < -0.39 is 29.7 Å². The number of nitrogens with one attached hydrogen (secondary N) is 1. The Morgan fingerprint density at radius 3 is 2.36 bits per heavy atom. The number of carbonyl (C=O) groups is 3. The van der Waals surface area contributed by atoms with Gasteiger partial charge in [0, 0.05) is 22.6 Å². The van der Waals surface area contributed by atoms with Gasteiger partial charge in [-0.15, -0.1) is 11.3 Å². The van der Waals surface area contributed by atoms with Gasteiger partial charge in [0.2, 0.25) is 0 Å². The van der Waals surface area contributed by atoms with E-state index in [-0.39, 0.29) is 13.0 Å². The number of esters is 1. The van der Waals surface area contributed by atoms with Crippen molar-refractivity contribution in [1.82, 2.24) is 5.32 Å². The number of carboxylic acids is 1. The summed E-state index contributed by atoms with van der Waals surface area (Å²) in [5.41, 5.74) is 0.175. The highest BCUT2D eigenvalue weighted by Gasteiger charge is 2.28. The van der Waals surface area contributed by atoms with E-state index in [4.69, 9.17) is 14.6 Å². The molecule has 1 aromatic carbocycles. The quantitative estimate of drug-likeness (QED) is 0.327. The molecule has 0 radical (unpaired) electrons. The molecule has 7 nitrogen and oxygen atoms in total. The fourth-order valence-corrected chi connectivity index (χ4v) is 4.20. The van der Waals surface area contributed by atoms with Crippen LogP contribution in [0.5, 0.6) is 0 Å². The Hall–Kier alpha value is -2.87. The van der Waals surface area contributed by atoms with Crippen molar-refractivity contribution in [2.45, 2.75) is 77.5 Å². The van der Waals surface area contributed by atoms with Gasteiger partial charge in [-0.1, -0.05) is 36.8 Å². The van der Waals surface area contributed by atoms with Crippen LogP contribution in [-0.4, -0.2) is 34.8 Å². The predicted molar refractivity (Wildman–Crippen MR) is 127 cm³/mol. The van der Waals surface area contributed by atoms with Crippen LogP contribution in [0.2, 0.25) is 0 Å². The third-order valence-electron chi connectivity index (χ3n) is 4.63. The molecule has 0 aliphatic rings. The van der Waals surface area contributed by atoms with Gasteiger partial charge < -0.3 is 19.9 Å². The molecule has 8 heteroatoms. The average Bonchev–Trinajstić information content (AvgIpc) is 3.18. The molecule has 1 atom stereocenters. The fraction of sp³-hybridized carbons (Fsp3) is 0.480. The van der Waals surface area contributed by atoms with Gasteiger partial charge in [0.1, 0.15) is 18.2 Å². The van der Waals surface area contributed by atoms with Crippen LogP contribution in [0.4, 0.5) is 4.79 Å². The van der Waals surface area contributed by atoms with Gasteiger partial charge >= 0.3 is 18.0 Å². The number of thiophene rings is 1. The molecule has 0 saturated carbocycles. The monoisotopic (exact) mass is 475 g/mol. The summed E-state index contributed by atoms with van der Waals surface area (Å²) in [4.78, 5) is 37.8. The second kappa shape index (κ2) is 13.0. The van der Waals surface area contributed by atoms with Gasteiger partial charge in [-0.3, -0.25) is 4.79 Å². The number of amides is 1. The first-order valence-corrected chi connectivity index (χ1v) is 11.9. The Kier molecular flexibility index (Phi) is 10.4. The molecule has 2 aromatic rings. The van der Waals surface area contributed by atoms with Gasteiger partial charge in [0.15, 0.2) is 0 Å². The van der Waals surface area contributed by atoms with Crippen molar-refractivity contribution < 1.29 is 29.0 Å². The summed E-state index contributed by atoms with van der Waals surface area (Å²) >= 11 is 1.58. The zero-order valence-electron chi connectivity index (χ0n) is 19.5. The first kappa shape index (κ1) is 26.4. The summed E-state index contributed by atoms with van der Waals surface area (Å²) in [6, 6.07) is 12.4. The van der Waals surface area contributed by atoms with Crippen molar-refractivity contribution in [3.05, 3.63) is 57.8 Å². The van der Waals surface area contributed by atoms with Crippen molar-refractivity contribution >= 4 is 29.4 Å². The first-order chi connectivity index (χ1) is 15.6. The van der Waals surface area contributed by atoms with Crippen LogP contribution in [0.1, 0.15) is 61.8 Å². The number of carboxylic acid groups (broad SMARTS) is 1. The number of unbranched alkanes of at least 4 members (excludes halogenated alkanes) is 2. The summed E-state index contributed by atoms with van der Waals surface area (Å²) in [5, 5.41) is 11.4. The molecule has 1 amide bonds. The number of aliphatic carboxylic acids is 1. The molecule has 2 N–H and O–H groups in total. The lowest BCUT2D eigenvalue weighted by atomic mass is 10.1. The van der Waals surface area contributed by atoms with Crippen LogP contribution in [-0.2, 0) is 38.5 Å². The third-order valence-corrected chi connectivity index (χ3v) is 5.80. The highest BCUT2D eigenvalue weighted by molar-refractivity contribution is 7.12. The lowest BCUT2D eigenvalue weighted by Gasteiger charge is -2.24. The van der Waals surface area contributed by atoms with Gasteiger partial charge in [-0.05, 0) is 57.7 Å². The summed E-state index contributed by atoms with van der Waals surface area (Å²) < 4.78 is 10.8. The molecular formula is C25H33NO6S. The number of aryl methyl sites for hydroxylation is 1. The van der Waals surface area contributed by atoms with Crippen LogP contribution >= 0.6 is 11.3 Å². The van der Waals surface area contributed by atoms with Crippen molar-refractivity contribution in [2.24, 2.45) is 0 Å². The molecule has 0 bridgehead atoms. The molecule has 0 unspecified atom stereocenters. The van der Waals surface area contributed by atoms with Crippen LogP contribution in [0.25, 0.3) is 0 Å². The minimum absolute atomic E-state index is 0.110. The standard InChI is InChI=1S/C25H33NO6S/c1-25(2,3)32-23(29)21(26-24(30)31-17-18-10-6-4-7-11-18)16-20-15-14-19(33-20)12-8-5-9-13-22(27)28/h4,6-7,10-11,14-15,21H,5,8-9,12-13,16-17H2,1-3H3,(H,26,30)(H,27,28)/t21-/m0/s1. The predicted octanol–water partition coefficient (Wildman–Crippen LogP) is 5.11. The summed E-state index contributed by atoms with van der Waals surface area (Å²) in [6.45, 7) is 5.45. The zero-order chi connectivity index (χ0) is 24.3. The molecule has 1 aromatic heterocycles. The molecule has 0 saturated heterocycles. The largest absolute Gasteiger partial charge is 0.481 e. The van der Waals surface area contributed by atoms with Crippen LogP contribution in [0.15, 0.2) is 42.5 Å². The van der Waals surface area contributed by atoms with Gasteiger partial charge in [0.25, 0.3) is 0 Å². The molecule has 0 spiro atoms. The Morgan fingerprint density at radius 1 is 1.00 bits per heavy atom. The van der Waals surface area contributed by atoms with E-state index in [1.165, 1.54) is 0 Å². The maximum absolute atomic E-state index is 12.7. The smallest absolute Gasteiger partial charge is 0.408 e. The number of alkyl carbamates (subject to hydrolysis) is 1. The van der Waals surface area contributed by atoms with Crippen molar-refractivity contribution in [1.29, 1.82) is 0 Å². The molecule has 1 heterocycles. The van der Waals surface area contributed by atoms with E-state index in [2.05, 4.69) is 5.32 Å². The van der Waals surface area contributed by atoms with Gasteiger partial charge in [-0.2, -0.15) is 0 Å². The van der Waals surface area contributed by atoms with Gasteiger partial charge in [0.05, 0.1) is 0 Å². The van der Waals surface area contributed by atoms with E-state index in [0.29, 0.717) is 12.8 Å². The number of hydrogen-bond donors (Lipinski definition) is 2. The minimum Gasteiger partial charge on any atom is -0.481 e. The lowest BCUT2D eigenvalue weighted by Crippen LogP contribution is -2.45. The third kappa shape index (κ3) is 11.0. The van der Waals surface area contributed by atoms with Gasteiger partial charge in [-0.25, -0.2) is 9.59 Å². The van der Waals surface area contributed by atoms with E-state index in [9.17, 15) is 14.4 Å². The van der Waals surface area contributed by atoms with Crippen LogP contribution in [0, 0.1) is 0 Å². The maximum Gasteiger partial charge on any atom is 0.408 e. The Bertz CT molecular complexity index is 903. The number of ether oxygens (including phenoxy) is 2. The normalized spacial score (nSPS) is 12.1. The average molecular weight is 476 g/mol. The maximum atomic E-state index is 12.7. The minimum atomic E-state index is -0.866. The van der Waals surface area contributed by atoms with Crippen molar-refractivity contribution in [3.8, 4) is 0 Å². The number of carbonyl (C=O) groups excluding carboxylic acids is 2. The molecule has 0 aliphatic carbocycles.